The molecule has 1 saturated heterocycles. The van der Waals surface area contributed by atoms with Crippen LogP contribution in [-0.2, 0) is 17.6 Å². The van der Waals surface area contributed by atoms with Crippen LogP contribution in [-0.4, -0.2) is 31.3 Å². The van der Waals surface area contributed by atoms with Gasteiger partial charge in [0.25, 0.3) is 0 Å². The van der Waals surface area contributed by atoms with Gasteiger partial charge in [-0.3, -0.25) is 5.41 Å². The van der Waals surface area contributed by atoms with Crippen molar-refractivity contribution >= 4 is 38.0 Å². The first-order valence-electron chi connectivity index (χ1n) is 7.15. The predicted molar refractivity (Wildman–Crippen MR) is 83.0 cm³/mol. The van der Waals surface area contributed by atoms with E-state index in [1.807, 2.05) is 11.3 Å². The van der Waals surface area contributed by atoms with Crippen molar-refractivity contribution < 1.29 is 4.74 Å². The van der Waals surface area contributed by atoms with Crippen molar-refractivity contribution in [2.75, 3.05) is 31.2 Å². The Morgan fingerprint density at radius 2 is 1.90 bits per heavy atom. The number of aromatic nitrogens is 1. The van der Waals surface area contributed by atoms with Gasteiger partial charge in [0.1, 0.15) is 9.50 Å². The normalized spacial score (nSPS) is 19.3. The Hall–Kier alpha value is -0.980. The second-order valence-electron chi connectivity index (χ2n) is 5.32. The summed E-state index contributed by atoms with van der Waals surface area (Å²) in [7, 11) is 0. The van der Waals surface area contributed by atoms with E-state index in [2.05, 4.69) is 4.90 Å². The van der Waals surface area contributed by atoms with Crippen LogP contribution in [0.2, 0.25) is 0 Å². The quantitative estimate of drug-likeness (QED) is 0.881. The molecule has 0 unspecified atom stereocenters. The number of hydrogen-bond acceptors (Lipinski definition) is 6. The number of thiophene rings is 1. The highest BCUT2D eigenvalue weighted by molar-refractivity contribution is 7.20. The van der Waals surface area contributed by atoms with E-state index < -0.39 is 0 Å². The first-order valence-corrected chi connectivity index (χ1v) is 8.79. The number of nitrogens with zero attached hydrogens (tertiary/aromatic N) is 2. The van der Waals surface area contributed by atoms with Crippen LogP contribution in [0.3, 0.4) is 0 Å². The lowest BCUT2D eigenvalue weighted by molar-refractivity contribution is 0.122. The van der Waals surface area contributed by atoms with Crippen molar-refractivity contribution in [3.63, 3.8) is 0 Å². The van der Waals surface area contributed by atoms with Crippen LogP contribution in [0, 0.1) is 5.41 Å². The number of nitrogens with one attached hydrogen (secondary N) is 1. The van der Waals surface area contributed by atoms with Gasteiger partial charge in [0, 0.05) is 18.0 Å². The van der Waals surface area contributed by atoms with Crippen LogP contribution in [0.5, 0.6) is 0 Å². The van der Waals surface area contributed by atoms with Gasteiger partial charge in [-0.05, 0) is 31.2 Å². The summed E-state index contributed by atoms with van der Waals surface area (Å²) in [5.74, 6) is 0. The lowest BCUT2D eigenvalue weighted by Crippen LogP contribution is -2.36. The zero-order chi connectivity index (χ0) is 13.5. The molecule has 1 aliphatic heterocycles. The fourth-order valence-electron chi connectivity index (χ4n) is 3.01. The second kappa shape index (κ2) is 5.09. The van der Waals surface area contributed by atoms with Crippen molar-refractivity contribution in [3.05, 3.63) is 15.1 Å². The number of anilines is 1. The smallest absolute Gasteiger partial charge is 0.188 e. The van der Waals surface area contributed by atoms with Gasteiger partial charge in [0.05, 0.1) is 18.6 Å². The molecular weight excluding hydrogens is 290 g/mol. The maximum Gasteiger partial charge on any atom is 0.188 e. The average Bonchev–Trinajstić information content (AvgIpc) is 2.87. The maximum absolute atomic E-state index is 8.41. The minimum absolute atomic E-state index is 0.691. The third kappa shape index (κ3) is 2.06. The van der Waals surface area contributed by atoms with E-state index in [9.17, 15) is 0 Å². The van der Waals surface area contributed by atoms with E-state index in [-0.39, 0.29) is 0 Å². The molecule has 6 heteroatoms. The summed E-state index contributed by atoms with van der Waals surface area (Å²) in [6.07, 6.45) is 4.85. The summed E-state index contributed by atoms with van der Waals surface area (Å²) in [6, 6.07) is 0. The topological polar surface area (TPSA) is 49.2 Å². The molecule has 2 aromatic heterocycles. The summed E-state index contributed by atoms with van der Waals surface area (Å²) in [6.45, 7) is 3.31. The molecule has 0 bridgehead atoms. The highest BCUT2D eigenvalue weighted by atomic mass is 32.1. The molecule has 1 fully saturated rings. The van der Waals surface area contributed by atoms with Crippen molar-refractivity contribution in [1.29, 1.82) is 5.41 Å². The van der Waals surface area contributed by atoms with Gasteiger partial charge in [0.15, 0.2) is 5.13 Å². The summed E-state index contributed by atoms with van der Waals surface area (Å²) in [5.41, 5.74) is 1.42. The number of morpholine rings is 1. The van der Waals surface area contributed by atoms with Crippen molar-refractivity contribution in [2.24, 2.45) is 0 Å². The minimum Gasteiger partial charge on any atom is -0.378 e. The zero-order valence-electron chi connectivity index (χ0n) is 11.3. The third-order valence-electron chi connectivity index (χ3n) is 4.05. The summed E-state index contributed by atoms with van der Waals surface area (Å²) >= 11 is 3.33. The first-order chi connectivity index (χ1) is 9.83. The third-order valence-corrected chi connectivity index (χ3v) is 6.18. The Bertz CT molecular complexity index is 700. The standard InChI is InChI=1S/C14H17N3OS2/c15-12-11-9-3-1-2-4-10(9)19-13(11)16-14(20-12)17-5-7-18-8-6-17/h15H,1-8H2. The largest absolute Gasteiger partial charge is 0.378 e. The van der Waals surface area contributed by atoms with E-state index in [1.54, 1.807) is 0 Å². The van der Waals surface area contributed by atoms with Crippen LogP contribution in [0.1, 0.15) is 23.3 Å². The van der Waals surface area contributed by atoms with E-state index in [0.29, 0.717) is 4.67 Å². The summed E-state index contributed by atoms with van der Waals surface area (Å²) in [5, 5.41) is 10.5. The molecule has 1 N–H and O–H groups in total. The number of hydrogen-bond donors (Lipinski definition) is 1. The zero-order valence-corrected chi connectivity index (χ0v) is 12.9. The molecule has 2 aliphatic rings. The molecule has 1 aliphatic carbocycles. The highest BCUT2D eigenvalue weighted by Crippen LogP contribution is 2.35. The molecule has 0 spiro atoms. The fourth-order valence-corrected chi connectivity index (χ4v) is 5.35. The summed E-state index contributed by atoms with van der Waals surface area (Å²) in [4.78, 5) is 9.65. The monoisotopic (exact) mass is 307 g/mol. The first kappa shape index (κ1) is 12.7. The molecule has 0 saturated carbocycles. The predicted octanol–water partition coefficient (Wildman–Crippen LogP) is 2.55. The molecule has 20 heavy (non-hydrogen) atoms. The van der Waals surface area contributed by atoms with Crippen molar-refractivity contribution in [3.8, 4) is 0 Å². The van der Waals surface area contributed by atoms with E-state index in [1.165, 1.54) is 41.0 Å². The van der Waals surface area contributed by atoms with Crippen LogP contribution in [0.15, 0.2) is 0 Å². The van der Waals surface area contributed by atoms with Gasteiger partial charge < -0.3 is 9.64 Å². The molecule has 0 radical (unpaired) electrons. The molecule has 4 rings (SSSR count). The molecular formula is C14H17N3OS2. The lowest BCUT2D eigenvalue weighted by atomic mass is 9.98. The second-order valence-corrected chi connectivity index (χ2v) is 7.38. The Labute approximate surface area is 125 Å². The number of ether oxygens (including phenoxy) is 1. The van der Waals surface area contributed by atoms with Crippen LogP contribution in [0.4, 0.5) is 5.13 Å². The van der Waals surface area contributed by atoms with E-state index in [4.69, 9.17) is 15.1 Å². The highest BCUT2D eigenvalue weighted by Gasteiger charge is 2.21. The van der Waals surface area contributed by atoms with Gasteiger partial charge >= 0.3 is 0 Å². The van der Waals surface area contributed by atoms with Gasteiger partial charge in [-0.1, -0.05) is 11.3 Å². The number of aryl methyl sites for hydroxylation is 2. The van der Waals surface area contributed by atoms with Gasteiger partial charge in [-0.15, -0.1) is 11.3 Å². The Morgan fingerprint density at radius 3 is 2.75 bits per heavy atom. The van der Waals surface area contributed by atoms with Gasteiger partial charge in [-0.25, -0.2) is 4.98 Å². The van der Waals surface area contributed by atoms with Crippen LogP contribution >= 0.6 is 22.7 Å². The molecule has 4 nitrogen and oxygen atoms in total. The fraction of sp³-hybridized carbons (Fsp3) is 0.571. The molecule has 106 valence electrons. The van der Waals surface area contributed by atoms with Gasteiger partial charge in [0.2, 0.25) is 0 Å². The maximum atomic E-state index is 8.41. The molecule has 3 heterocycles. The SMILES string of the molecule is N=c1sc(N2CCOCC2)nc2sc3c(c12)CCCC3. The van der Waals surface area contributed by atoms with E-state index >= 15 is 0 Å². The van der Waals surface area contributed by atoms with Crippen LogP contribution in [0.25, 0.3) is 10.2 Å². The number of rotatable bonds is 1. The molecule has 0 aromatic carbocycles. The van der Waals surface area contributed by atoms with Crippen molar-refractivity contribution in [2.45, 2.75) is 25.7 Å². The van der Waals surface area contributed by atoms with Crippen molar-refractivity contribution in [1.82, 2.24) is 4.98 Å². The van der Waals surface area contributed by atoms with Gasteiger partial charge in [-0.2, -0.15) is 0 Å². The molecule has 0 atom stereocenters. The Morgan fingerprint density at radius 1 is 1.10 bits per heavy atom. The number of fused-ring (bicyclic) bond motifs is 3. The van der Waals surface area contributed by atoms with E-state index in [0.717, 1.165) is 48.1 Å². The molecule has 2 aromatic rings. The Balaban J connectivity index is 1.83. The average molecular weight is 307 g/mol. The summed E-state index contributed by atoms with van der Waals surface area (Å²) < 4.78 is 6.09. The van der Waals surface area contributed by atoms with Crippen LogP contribution < -0.4 is 9.57 Å². The lowest BCUT2D eigenvalue weighted by Gasteiger charge is -2.26. The molecule has 0 amide bonds. The minimum atomic E-state index is 0.691. The Kier molecular flexibility index (Phi) is 3.24.